The van der Waals surface area contributed by atoms with Crippen molar-refractivity contribution in [2.24, 2.45) is 0 Å². The molecule has 0 amide bonds. The smallest absolute Gasteiger partial charge is 0.399 e. The van der Waals surface area contributed by atoms with Crippen molar-refractivity contribution >= 4 is 18.3 Å². The minimum Gasteiger partial charge on any atom is -0.399 e. The third kappa shape index (κ3) is 3.61. The number of morpholine rings is 1. The molecule has 0 aliphatic carbocycles. The number of aliphatic hydroxyl groups is 1. The number of nitrogens with zero attached hydrogens (tertiary/aromatic N) is 1. The first-order chi connectivity index (χ1) is 13.5. The molecule has 3 heterocycles. The number of rotatable bonds is 3. The Morgan fingerprint density at radius 2 is 1.72 bits per heavy atom. The lowest BCUT2D eigenvalue weighted by atomic mass is 9.75. The van der Waals surface area contributed by atoms with Crippen molar-refractivity contribution < 1.29 is 23.9 Å². The van der Waals surface area contributed by atoms with Crippen molar-refractivity contribution in [1.82, 2.24) is 0 Å². The molecule has 0 spiro atoms. The largest absolute Gasteiger partial charge is 0.494 e. The van der Waals surface area contributed by atoms with Crippen molar-refractivity contribution in [3.05, 3.63) is 23.8 Å². The molecular formula is C22H34BNO5. The third-order valence-electron chi connectivity index (χ3n) is 7.19. The van der Waals surface area contributed by atoms with Gasteiger partial charge in [-0.15, -0.1) is 0 Å². The minimum atomic E-state index is -1.01. The zero-order valence-electron chi connectivity index (χ0n) is 18.5. The van der Waals surface area contributed by atoms with E-state index in [1.807, 2.05) is 13.0 Å². The van der Waals surface area contributed by atoms with Gasteiger partial charge in [0, 0.05) is 24.7 Å². The molecular weight excluding hydrogens is 369 g/mol. The standard InChI is InChI=1S/C22H34BNO5/c1-15-14-26-10-8-24(15)19-12-17(22(25)7-9-27-16(22)2)11-18(13-19)23-28-20(3,4)21(5,6)29-23/h11-13,15-16,25H,7-10,14H2,1-6H3. The number of hydrogen-bond acceptors (Lipinski definition) is 6. The van der Waals surface area contributed by atoms with Gasteiger partial charge in [-0.3, -0.25) is 0 Å². The highest BCUT2D eigenvalue weighted by Gasteiger charge is 2.52. The monoisotopic (exact) mass is 403 g/mol. The Labute approximate surface area is 174 Å². The Hall–Kier alpha value is -1.12. The summed E-state index contributed by atoms with van der Waals surface area (Å²) < 4.78 is 24.0. The van der Waals surface area contributed by atoms with Crippen molar-refractivity contribution in [3.8, 4) is 0 Å². The van der Waals surface area contributed by atoms with E-state index in [-0.39, 0.29) is 12.1 Å². The molecule has 3 fully saturated rings. The van der Waals surface area contributed by atoms with Crippen LogP contribution in [0.4, 0.5) is 5.69 Å². The van der Waals surface area contributed by atoms with Gasteiger partial charge in [-0.05, 0) is 64.7 Å². The molecule has 160 valence electrons. The highest BCUT2D eigenvalue weighted by molar-refractivity contribution is 6.62. The first kappa shape index (κ1) is 21.1. The molecule has 29 heavy (non-hydrogen) atoms. The zero-order chi connectivity index (χ0) is 21.0. The van der Waals surface area contributed by atoms with Crippen LogP contribution in [0.25, 0.3) is 0 Å². The van der Waals surface area contributed by atoms with Crippen LogP contribution >= 0.6 is 0 Å². The van der Waals surface area contributed by atoms with Gasteiger partial charge in [0.05, 0.1) is 37.1 Å². The molecule has 4 rings (SSSR count). The summed E-state index contributed by atoms with van der Waals surface area (Å²) in [6.07, 6.45) is 0.324. The van der Waals surface area contributed by atoms with Gasteiger partial charge in [0.2, 0.25) is 0 Å². The highest BCUT2D eigenvalue weighted by atomic mass is 16.7. The second kappa shape index (κ2) is 7.24. The predicted molar refractivity (Wildman–Crippen MR) is 114 cm³/mol. The van der Waals surface area contributed by atoms with Crippen molar-refractivity contribution in [3.63, 3.8) is 0 Å². The summed E-state index contributed by atoms with van der Waals surface area (Å²) in [4.78, 5) is 2.34. The molecule has 0 aromatic heterocycles. The van der Waals surface area contributed by atoms with Gasteiger partial charge in [-0.25, -0.2) is 0 Å². The summed E-state index contributed by atoms with van der Waals surface area (Å²) >= 11 is 0. The molecule has 6 nitrogen and oxygen atoms in total. The van der Waals surface area contributed by atoms with Gasteiger partial charge in [-0.2, -0.15) is 0 Å². The quantitative estimate of drug-likeness (QED) is 0.781. The fraction of sp³-hybridized carbons (Fsp3) is 0.727. The van der Waals surface area contributed by atoms with Gasteiger partial charge in [-0.1, -0.05) is 6.07 Å². The van der Waals surface area contributed by atoms with Gasteiger partial charge < -0.3 is 28.8 Å². The van der Waals surface area contributed by atoms with Crippen LogP contribution in [-0.4, -0.2) is 61.9 Å². The summed E-state index contributed by atoms with van der Waals surface area (Å²) in [6, 6.07) is 6.53. The average molecular weight is 403 g/mol. The molecule has 3 saturated heterocycles. The van der Waals surface area contributed by atoms with Crippen LogP contribution in [-0.2, 0) is 24.4 Å². The summed E-state index contributed by atoms with van der Waals surface area (Å²) in [5.74, 6) is 0. The molecule has 1 N–H and O–H groups in total. The Morgan fingerprint density at radius 3 is 2.31 bits per heavy atom. The first-order valence-electron chi connectivity index (χ1n) is 10.7. The number of anilines is 1. The first-order valence-corrected chi connectivity index (χ1v) is 10.7. The molecule has 1 aromatic carbocycles. The van der Waals surface area contributed by atoms with Crippen molar-refractivity contribution in [1.29, 1.82) is 0 Å². The highest BCUT2D eigenvalue weighted by Crippen LogP contribution is 2.39. The third-order valence-corrected chi connectivity index (χ3v) is 7.19. The Bertz CT molecular complexity index is 754. The van der Waals surface area contributed by atoms with Crippen LogP contribution in [0.5, 0.6) is 0 Å². The molecule has 3 unspecified atom stereocenters. The summed E-state index contributed by atoms with van der Waals surface area (Å²) in [7, 11) is -0.476. The Kier molecular flexibility index (Phi) is 5.27. The number of hydrogen-bond donors (Lipinski definition) is 1. The molecule has 3 atom stereocenters. The minimum absolute atomic E-state index is 0.258. The summed E-state index contributed by atoms with van der Waals surface area (Å²) in [5.41, 5.74) is 1.02. The topological polar surface area (TPSA) is 60.4 Å². The van der Waals surface area contributed by atoms with E-state index in [1.165, 1.54) is 0 Å². The van der Waals surface area contributed by atoms with E-state index in [4.69, 9.17) is 18.8 Å². The molecule has 0 radical (unpaired) electrons. The van der Waals surface area contributed by atoms with Crippen LogP contribution in [0.2, 0.25) is 0 Å². The van der Waals surface area contributed by atoms with E-state index in [9.17, 15) is 5.11 Å². The maximum Gasteiger partial charge on any atom is 0.494 e. The van der Waals surface area contributed by atoms with Crippen LogP contribution in [0.3, 0.4) is 0 Å². The normalized spacial score (nSPS) is 34.0. The number of benzene rings is 1. The lowest BCUT2D eigenvalue weighted by molar-refractivity contribution is -0.0316. The van der Waals surface area contributed by atoms with Crippen LogP contribution < -0.4 is 10.4 Å². The van der Waals surface area contributed by atoms with Gasteiger partial charge in [0.1, 0.15) is 5.60 Å². The second-order valence-corrected chi connectivity index (χ2v) is 9.71. The maximum atomic E-state index is 11.4. The van der Waals surface area contributed by atoms with Gasteiger partial charge >= 0.3 is 7.12 Å². The predicted octanol–water partition coefficient (Wildman–Crippen LogP) is 2.21. The maximum absolute atomic E-state index is 11.4. The van der Waals surface area contributed by atoms with Crippen molar-refractivity contribution in [2.75, 3.05) is 31.3 Å². The van der Waals surface area contributed by atoms with E-state index >= 15 is 0 Å². The number of ether oxygens (including phenoxy) is 2. The Morgan fingerprint density at radius 1 is 1.03 bits per heavy atom. The lowest BCUT2D eigenvalue weighted by Gasteiger charge is -2.37. The zero-order valence-corrected chi connectivity index (χ0v) is 18.5. The summed E-state index contributed by atoms with van der Waals surface area (Å²) in [6.45, 7) is 15.1. The SMILES string of the molecule is CC1COCCN1c1cc(B2OC(C)(C)C(C)(C)O2)cc(C2(O)CCOC2C)c1. The second-order valence-electron chi connectivity index (χ2n) is 9.71. The molecule has 1 aromatic rings. The van der Waals surface area contributed by atoms with Gasteiger partial charge in [0.15, 0.2) is 0 Å². The van der Waals surface area contributed by atoms with E-state index in [0.29, 0.717) is 26.2 Å². The average Bonchev–Trinajstić information content (AvgIpc) is 3.11. The van der Waals surface area contributed by atoms with Crippen LogP contribution in [0, 0.1) is 0 Å². The summed E-state index contributed by atoms with van der Waals surface area (Å²) in [5, 5.41) is 11.4. The molecule has 7 heteroatoms. The molecule has 0 bridgehead atoms. The lowest BCUT2D eigenvalue weighted by Crippen LogP contribution is -2.45. The molecule has 3 aliphatic rings. The van der Waals surface area contributed by atoms with E-state index in [0.717, 1.165) is 23.3 Å². The van der Waals surface area contributed by atoms with E-state index in [2.05, 4.69) is 51.7 Å². The van der Waals surface area contributed by atoms with Crippen molar-refractivity contribution in [2.45, 2.75) is 76.9 Å². The van der Waals surface area contributed by atoms with Gasteiger partial charge in [0.25, 0.3) is 0 Å². The Balaban J connectivity index is 1.77. The molecule has 3 aliphatic heterocycles. The van der Waals surface area contributed by atoms with Crippen LogP contribution in [0.15, 0.2) is 18.2 Å². The fourth-order valence-electron chi connectivity index (χ4n) is 4.39. The van der Waals surface area contributed by atoms with E-state index < -0.39 is 23.9 Å². The molecule has 0 saturated carbocycles. The van der Waals surface area contributed by atoms with Crippen LogP contribution in [0.1, 0.15) is 53.5 Å². The fourth-order valence-corrected chi connectivity index (χ4v) is 4.39. The van der Waals surface area contributed by atoms with E-state index in [1.54, 1.807) is 0 Å².